The minimum Gasteiger partial charge on any atom is -0.496 e. The fourth-order valence-electron chi connectivity index (χ4n) is 4.81. The van der Waals surface area contributed by atoms with Gasteiger partial charge >= 0.3 is 5.97 Å². The molecule has 39 heavy (non-hydrogen) atoms. The van der Waals surface area contributed by atoms with Gasteiger partial charge in [-0.2, -0.15) is 0 Å². The molecule has 0 aliphatic carbocycles. The molecule has 3 aromatic carbocycles. The fourth-order valence-corrected chi connectivity index (χ4v) is 8.11. The number of allylic oxidation sites excluding steroid dienone is 1. The van der Waals surface area contributed by atoms with Gasteiger partial charge in [0.2, 0.25) is 0 Å². The van der Waals surface area contributed by atoms with Gasteiger partial charge in [-0.1, -0.05) is 41.7 Å². The van der Waals surface area contributed by atoms with Crippen molar-refractivity contribution in [2.45, 2.75) is 19.9 Å². The summed E-state index contributed by atoms with van der Waals surface area (Å²) in [6.45, 7) is 3.74. The lowest BCUT2D eigenvalue weighted by Gasteiger charge is -2.27. The van der Waals surface area contributed by atoms with Crippen molar-refractivity contribution in [2.24, 2.45) is 4.99 Å². The first-order chi connectivity index (χ1) is 18.8. The highest BCUT2D eigenvalue weighted by atomic mass is 127. The van der Waals surface area contributed by atoms with E-state index in [1.54, 1.807) is 32.6 Å². The Balaban J connectivity index is 1.83. The standard InChI is InChI=1S/C29H24I2N2O5S/c1-5-38-28(35)23-15(2)32-29-33(25(23)24-18-9-7-6-8-17(18)10-11-21(24)36-3)27(34)22(39-29)14-16-12-19(30)26(37-4)20(31)13-16/h6-14,25H,5H2,1-4H3/b22-14-/t25-/m0/s1. The number of methoxy groups -OCH3 is 2. The maximum absolute atomic E-state index is 14.1. The molecule has 0 saturated carbocycles. The summed E-state index contributed by atoms with van der Waals surface area (Å²) in [7, 11) is 3.23. The second-order valence-corrected chi connectivity index (χ2v) is 12.1. The Morgan fingerprint density at radius 3 is 2.49 bits per heavy atom. The number of fused-ring (bicyclic) bond motifs is 2. The Hall–Kier alpha value is -2.71. The Morgan fingerprint density at radius 2 is 1.82 bits per heavy atom. The zero-order chi connectivity index (χ0) is 27.8. The SMILES string of the molecule is CCOC(=O)C1=C(C)N=c2s/c(=C\c3cc(I)c(OC)c(I)c3)c(=O)n2[C@@H]1c1c(OC)ccc2ccccc12. The molecule has 0 amide bonds. The van der Waals surface area contributed by atoms with Crippen molar-refractivity contribution in [1.29, 1.82) is 0 Å². The summed E-state index contributed by atoms with van der Waals surface area (Å²) in [4.78, 5) is 32.7. The van der Waals surface area contributed by atoms with Crippen LogP contribution in [0.15, 0.2) is 69.6 Å². The van der Waals surface area contributed by atoms with Crippen molar-refractivity contribution in [2.75, 3.05) is 20.8 Å². The molecule has 0 N–H and O–H groups in total. The molecule has 1 aromatic heterocycles. The van der Waals surface area contributed by atoms with Crippen LogP contribution in [0.25, 0.3) is 16.8 Å². The molecule has 0 unspecified atom stereocenters. The van der Waals surface area contributed by atoms with E-state index in [9.17, 15) is 9.59 Å². The number of esters is 1. The molecule has 0 saturated heterocycles. The lowest BCUT2D eigenvalue weighted by atomic mass is 9.90. The van der Waals surface area contributed by atoms with Gasteiger partial charge < -0.3 is 14.2 Å². The molecule has 1 aliphatic heterocycles. The van der Waals surface area contributed by atoms with Gasteiger partial charge in [-0.3, -0.25) is 9.36 Å². The topological polar surface area (TPSA) is 79.1 Å². The van der Waals surface area contributed by atoms with E-state index in [1.165, 1.54) is 11.3 Å². The Morgan fingerprint density at radius 1 is 1.10 bits per heavy atom. The van der Waals surface area contributed by atoms with Crippen molar-refractivity contribution in [3.8, 4) is 11.5 Å². The molecule has 0 spiro atoms. The van der Waals surface area contributed by atoms with Crippen LogP contribution in [-0.4, -0.2) is 31.4 Å². The number of carbonyl (C=O) groups is 1. The molecule has 200 valence electrons. The van der Waals surface area contributed by atoms with E-state index in [1.807, 2.05) is 54.6 Å². The van der Waals surface area contributed by atoms with Crippen LogP contribution in [-0.2, 0) is 9.53 Å². The minimum atomic E-state index is -0.778. The van der Waals surface area contributed by atoms with E-state index in [-0.39, 0.29) is 12.2 Å². The first-order valence-electron chi connectivity index (χ1n) is 12.1. The van der Waals surface area contributed by atoms with E-state index in [2.05, 4.69) is 45.2 Å². The molecule has 1 atom stereocenters. The average Bonchev–Trinajstić information content (AvgIpc) is 3.21. The first-order valence-corrected chi connectivity index (χ1v) is 15.0. The second-order valence-electron chi connectivity index (χ2n) is 8.72. The number of aromatic nitrogens is 1. The van der Waals surface area contributed by atoms with Gasteiger partial charge in [0.25, 0.3) is 5.56 Å². The summed E-state index contributed by atoms with van der Waals surface area (Å²) >= 11 is 5.74. The van der Waals surface area contributed by atoms with Gasteiger partial charge in [-0.05, 0) is 99.6 Å². The third kappa shape index (κ3) is 5.02. The Kier molecular flexibility index (Phi) is 8.15. The van der Waals surface area contributed by atoms with Gasteiger partial charge in [0, 0.05) is 5.56 Å². The van der Waals surface area contributed by atoms with Gasteiger partial charge in [0.1, 0.15) is 17.5 Å². The van der Waals surface area contributed by atoms with Crippen LogP contribution in [0.2, 0.25) is 0 Å². The highest BCUT2D eigenvalue weighted by molar-refractivity contribution is 14.1. The number of benzene rings is 3. The number of hydrogen-bond donors (Lipinski definition) is 0. The molecule has 0 fully saturated rings. The van der Waals surface area contributed by atoms with Gasteiger partial charge in [0.15, 0.2) is 4.80 Å². The van der Waals surface area contributed by atoms with Gasteiger partial charge in [-0.25, -0.2) is 9.79 Å². The number of rotatable bonds is 6. The van der Waals surface area contributed by atoms with Crippen LogP contribution >= 0.6 is 56.5 Å². The number of ether oxygens (including phenoxy) is 3. The van der Waals surface area contributed by atoms with Crippen LogP contribution in [0.5, 0.6) is 11.5 Å². The summed E-state index contributed by atoms with van der Waals surface area (Å²) < 4.78 is 20.7. The lowest BCUT2D eigenvalue weighted by Crippen LogP contribution is -2.40. The summed E-state index contributed by atoms with van der Waals surface area (Å²) in [6, 6.07) is 14.9. The zero-order valence-corrected chi connectivity index (χ0v) is 26.7. The van der Waals surface area contributed by atoms with Crippen molar-refractivity contribution in [1.82, 2.24) is 4.57 Å². The molecule has 10 heteroatoms. The summed E-state index contributed by atoms with van der Waals surface area (Å²) in [5.74, 6) is 0.865. The molecular weight excluding hydrogens is 742 g/mol. The predicted molar refractivity (Wildman–Crippen MR) is 169 cm³/mol. The molecule has 4 aromatic rings. The van der Waals surface area contributed by atoms with Crippen LogP contribution in [0.4, 0.5) is 0 Å². The summed E-state index contributed by atoms with van der Waals surface area (Å²) in [5.41, 5.74) is 2.17. The van der Waals surface area contributed by atoms with Crippen LogP contribution < -0.4 is 24.4 Å². The first kappa shape index (κ1) is 27.8. The summed E-state index contributed by atoms with van der Waals surface area (Å²) in [5, 5.41) is 1.85. The van der Waals surface area contributed by atoms with Crippen LogP contribution in [0.3, 0.4) is 0 Å². The van der Waals surface area contributed by atoms with E-state index < -0.39 is 12.0 Å². The van der Waals surface area contributed by atoms with E-state index in [0.29, 0.717) is 31.9 Å². The van der Waals surface area contributed by atoms with Crippen LogP contribution in [0.1, 0.15) is 31.0 Å². The molecule has 5 rings (SSSR count). The van der Waals surface area contributed by atoms with E-state index in [0.717, 1.165) is 29.2 Å². The highest BCUT2D eigenvalue weighted by Gasteiger charge is 2.36. The maximum Gasteiger partial charge on any atom is 0.338 e. The number of halogens is 2. The van der Waals surface area contributed by atoms with Crippen molar-refractivity contribution < 1.29 is 19.0 Å². The number of hydrogen-bond acceptors (Lipinski definition) is 7. The number of carbonyl (C=O) groups excluding carboxylic acids is 1. The molecule has 1 aliphatic rings. The summed E-state index contributed by atoms with van der Waals surface area (Å²) in [6.07, 6.45) is 1.86. The van der Waals surface area contributed by atoms with Gasteiger partial charge in [-0.15, -0.1) is 0 Å². The minimum absolute atomic E-state index is 0.203. The molecule has 7 nitrogen and oxygen atoms in total. The third-order valence-corrected chi connectivity index (χ3v) is 9.05. The zero-order valence-electron chi connectivity index (χ0n) is 21.6. The number of nitrogens with zero attached hydrogens (tertiary/aromatic N) is 2. The molecular formula is C29H24I2N2O5S. The molecule has 0 bridgehead atoms. The van der Waals surface area contributed by atoms with Crippen molar-refractivity contribution >= 4 is 79.3 Å². The number of thiazole rings is 1. The molecule has 0 radical (unpaired) electrons. The normalized spacial score (nSPS) is 15.2. The highest BCUT2D eigenvalue weighted by Crippen LogP contribution is 2.40. The Labute approximate surface area is 256 Å². The molecule has 2 heterocycles. The smallest absolute Gasteiger partial charge is 0.338 e. The van der Waals surface area contributed by atoms with E-state index >= 15 is 0 Å². The van der Waals surface area contributed by atoms with Crippen LogP contribution in [0, 0.1) is 7.14 Å². The monoisotopic (exact) mass is 766 g/mol. The maximum atomic E-state index is 14.1. The Bertz CT molecular complexity index is 1820. The van der Waals surface area contributed by atoms with Crippen molar-refractivity contribution in [3.63, 3.8) is 0 Å². The van der Waals surface area contributed by atoms with E-state index in [4.69, 9.17) is 19.2 Å². The fraction of sp³-hybridized carbons (Fsp3) is 0.207. The van der Waals surface area contributed by atoms with Crippen molar-refractivity contribution in [3.05, 3.63) is 97.8 Å². The largest absolute Gasteiger partial charge is 0.496 e. The predicted octanol–water partition coefficient (Wildman–Crippen LogP) is 5.18. The third-order valence-electron chi connectivity index (χ3n) is 6.46. The quantitative estimate of drug-likeness (QED) is 0.200. The average molecular weight is 766 g/mol. The van der Waals surface area contributed by atoms with Gasteiger partial charge in [0.05, 0.1) is 43.8 Å². The lowest BCUT2D eigenvalue weighted by molar-refractivity contribution is -0.139. The second kappa shape index (κ2) is 11.4.